The van der Waals surface area contributed by atoms with Crippen molar-refractivity contribution in [2.24, 2.45) is 0 Å². The monoisotopic (exact) mass is 475 g/mol. The minimum atomic E-state index is -0.344. The quantitative estimate of drug-likeness (QED) is 0.601. The lowest BCUT2D eigenvalue weighted by Crippen LogP contribution is -2.04. The molecule has 0 fully saturated rings. The van der Waals surface area contributed by atoms with Gasteiger partial charge in [0.25, 0.3) is 0 Å². The van der Waals surface area contributed by atoms with Gasteiger partial charge < -0.3 is 10.1 Å². The van der Waals surface area contributed by atoms with Gasteiger partial charge in [-0.05, 0) is 61.7 Å². The fourth-order valence-electron chi connectivity index (χ4n) is 1.79. The fourth-order valence-corrected chi connectivity index (χ4v) is 3.58. The number of halogens is 3. The van der Waals surface area contributed by atoms with Crippen LogP contribution in [0.4, 0.5) is 5.69 Å². The Hall–Kier alpha value is -0.850. The molecule has 2 aromatic carbocycles. The van der Waals surface area contributed by atoms with Crippen molar-refractivity contribution in [1.82, 2.24) is 0 Å². The van der Waals surface area contributed by atoms with Gasteiger partial charge in [-0.2, -0.15) is 0 Å². The van der Waals surface area contributed by atoms with Gasteiger partial charge in [0.15, 0.2) is 0 Å². The van der Waals surface area contributed by atoms with Crippen molar-refractivity contribution in [2.45, 2.75) is 6.54 Å². The molecule has 0 aliphatic rings. The van der Waals surface area contributed by atoms with Crippen molar-refractivity contribution in [3.05, 3.63) is 60.9 Å². The topological polar surface area (TPSA) is 38.3 Å². The van der Waals surface area contributed by atoms with Crippen molar-refractivity contribution in [1.29, 1.82) is 0 Å². The highest BCUT2D eigenvalue weighted by Gasteiger charge is 2.09. The summed E-state index contributed by atoms with van der Waals surface area (Å²) in [6, 6.07) is 11.3. The second kappa shape index (κ2) is 7.42. The van der Waals surface area contributed by atoms with Crippen LogP contribution >= 0.6 is 47.8 Å². The third kappa shape index (κ3) is 4.08. The van der Waals surface area contributed by atoms with Gasteiger partial charge in [0.05, 0.1) is 18.4 Å². The van der Waals surface area contributed by atoms with Crippen LogP contribution in [0.3, 0.4) is 0 Å². The first kappa shape index (κ1) is 16.5. The van der Waals surface area contributed by atoms with Crippen molar-refractivity contribution in [3.8, 4) is 0 Å². The van der Waals surface area contributed by atoms with E-state index in [2.05, 4.69) is 53.1 Å². The van der Waals surface area contributed by atoms with E-state index in [0.29, 0.717) is 12.1 Å². The molecule has 0 amide bonds. The highest BCUT2D eigenvalue weighted by molar-refractivity contribution is 9.11. The van der Waals surface area contributed by atoms with Crippen molar-refractivity contribution in [2.75, 3.05) is 12.4 Å². The van der Waals surface area contributed by atoms with Crippen molar-refractivity contribution >= 4 is 59.4 Å². The van der Waals surface area contributed by atoms with Crippen LogP contribution in [0, 0.1) is 0 Å². The van der Waals surface area contributed by atoms with E-state index in [1.807, 2.05) is 24.3 Å². The number of esters is 1. The molecular weight excluding hydrogens is 466 g/mol. The lowest BCUT2D eigenvalue weighted by molar-refractivity contribution is 0.0600. The molecule has 0 aliphatic carbocycles. The Morgan fingerprint density at radius 3 is 2.33 bits per heavy atom. The zero-order valence-electron chi connectivity index (χ0n) is 11.1. The Labute approximate surface area is 148 Å². The van der Waals surface area contributed by atoms with Gasteiger partial charge in [-0.15, -0.1) is 0 Å². The number of carbonyl (C=O) groups is 1. The largest absolute Gasteiger partial charge is 0.465 e. The fraction of sp³-hybridized carbons (Fsp3) is 0.133. The molecule has 2 aromatic rings. The molecule has 0 radical (unpaired) electrons. The summed E-state index contributed by atoms with van der Waals surface area (Å²) in [5.41, 5.74) is 2.56. The van der Waals surface area contributed by atoms with E-state index in [9.17, 15) is 4.79 Å². The molecule has 0 atom stereocenters. The number of hydrogen-bond acceptors (Lipinski definition) is 3. The van der Waals surface area contributed by atoms with Crippen molar-refractivity contribution in [3.63, 3.8) is 0 Å². The molecule has 0 aromatic heterocycles. The maximum absolute atomic E-state index is 11.5. The summed E-state index contributed by atoms with van der Waals surface area (Å²) in [7, 11) is 1.37. The summed E-state index contributed by atoms with van der Waals surface area (Å²) in [4.78, 5) is 11.5. The molecule has 3 nitrogen and oxygen atoms in total. The van der Waals surface area contributed by atoms with E-state index in [-0.39, 0.29) is 5.97 Å². The number of hydrogen-bond donors (Lipinski definition) is 1. The summed E-state index contributed by atoms with van der Waals surface area (Å²) in [5, 5.41) is 3.36. The predicted molar refractivity (Wildman–Crippen MR) is 94.7 cm³/mol. The van der Waals surface area contributed by atoms with Crippen LogP contribution < -0.4 is 5.32 Å². The molecule has 1 N–H and O–H groups in total. The molecule has 0 saturated heterocycles. The average molecular weight is 478 g/mol. The van der Waals surface area contributed by atoms with Crippen LogP contribution in [-0.2, 0) is 11.3 Å². The van der Waals surface area contributed by atoms with E-state index < -0.39 is 0 Å². The third-order valence-electron chi connectivity index (χ3n) is 2.89. The number of nitrogens with one attached hydrogen (secondary N) is 1. The van der Waals surface area contributed by atoms with E-state index >= 15 is 0 Å². The van der Waals surface area contributed by atoms with E-state index in [0.717, 1.165) is 24.7 Å². The summed E-state index contributed by atoms with van der Waals surface area (Å²) < 4.78 is 7.54. The Morgan fingerprint density at radius 2 is 1.76 bits per heavy atom. The molecule has 0 saturated carbocycles. The molecule has 0 aliphatic heterocycles. The molecule has 0 heterocycles. The molecular formula is C15H12Br3NO2. The molecule has 21 heavy (non-hydrogen) atoms. The summed E-state index contributed by atoms with van der Waals surface area (Å²) in [6.45, 7) is 0.628. The number of anilines is 1. The smallest absolute Gasteiger partial charge is 0.337 e. The first-order valence-corrected chi connectivity index (χ1v) is 8.45. The first-order chi connectivity index (χ1) is 10.0. The Morgan fingerprint density at radius 1 is 1.10 bits per heavy atom. The first-order valence-electron chi connectivity index (χ1n) is 6.07. The second-order valence-electron chi connectivity index (χ2n) is 4.25. The number of carbonyl (C=O) groups excluding carboxylic acids is 1. The zero-order chi connectivity index (χ0) is 15.4. The minimum Gasteiger partial charge on any atom is -0.465 e. The van der Waals surface area contributed by atoms with Gasteiger partial charge in [-0.25, -0.2) is 4.79 Å². The highest BCUT2D eigenvalue weighted by Crippen LogP contribution is 2.31. The van der Waals surface area contributed by atoms with E-state index in [1.54, 1.807) is 12.1 Å². The summed E-state index contributed by atoms with van der Waals surface area (Å²) in [5.74, 6) is -0.344. The normalized spacial score (nSPS) is 10.3. The van der Waals surface area contributed by atoms with Crippen LogP contribution in [-0.4, -0.2) is 13.1 Å². The molecule has 0 spiro atoms. The Balaban J connectivity index is 2.16. The second-order valence-corrected chi connectivity index (χ2v) is 6.81. The minimum absolute atomic E-state index is 0.344. The standard InChI is InChI=1S/C15H12Br3NO2/c1-21-15(20)9-5-6-10(13(18)7-9)8-19-14-11(16)3-2-4-12(14)17/h2-7,19H,8H2,1H3. The average Bonchev–Trinajstić information content (AvgIpc) is 2.47. The van der Waals surface area contributed by atoms with Crippen molar-refractivity contribution < 1.29 is 9.53 Å². The van der Waals surface area contributed by atoms with Gasteiger partial charge in [-0.1, -0.05) is 28.1 Å². The SMILES string of the molecule is COC(=O)c1ccc(CNc2c(Br)cccc2Br)c(Br)c1. The Kier molecular flexibility index (Phi) is 5.84. The molecule has 6 heteroatoms. The number of benzene rings is 2. The summed E-state index contributed by atoms with van der Waals surface area (Å²) >= 11 is 10.5. The number of rotatable bonds is 4. The van der Waals surface area contributed by atoms with E-state index in [4.69, 9.17) is 4.74 Å². The molecule has 2 rings (SSSR count). The zero-order valence-corrected chi connectivity index (χ0v) is 15.9. The van der Waals surface area contributed by atoms with E-state index in [1.165, 1.54) is 7.11 Å². The molecule has 110 valence electrons. The number of methoxy groups -OCH3 is 1. The van der Waals surface area contributed by atoms with Crippen LogP contribution in [0.1, 0.15) is 15.9 Å². The Bertz CT molecular complexity index is 654. The molecule has 0 unspecified atom stereocenters. The van der Waals surface area contributed by atoms with Crippen LogP contribution in [0.5, 0.6) is 0 Å². The van der Waals surface area contributed by atoms with Gasteiger partial charge in [0.2, 0.25) is 0 Å². The predicted octanol–water partition coefficient (Wildman–Crippen LogP) is 5.37. The third-order valence-corrected chi connectivity index (χ3v) is 4.95. The lowest BCUT2D eigenvalue weighted by atomic mass is 10.1. The summed E-state index contributed by atoms with van der Waals surface area (Å²) in [6.07, 6.45) is 0. The number of para-hydroxylation sites is 1. The van der Waals surface area contributed by atoms with Crippen LogP contribution in [0.25, 0.3) is 0 Å². The van der Waals surface area contributed by atoms with Crippen LogP contribution in [0.2, 0.25) is 0 Å². The maximum Gasteiger partial charge on any atom is 0.337 e. The van der Waals surface area contributed by atoms with Gasteiger partial charge in [0.1, 0.15) is 0 Å². The van der Waals surface area contributed by atoms with Crippen LogP contribution in [0.15, 0.2) is 49.8 Å². The lowest BCUT2D eigenvalue weighted by Gasteiger charge is -2.12. The van der Waals surface area contributed by atoms with Gasteiger partial charge in [0, 0.05) is 20.0 Å². The maximum atomic E-state index is 11.5. The number of ether oxygens (including phenoxy) is 1. The van der Waals surface area contributed by atoms with Gasteiger partial charge >= 0.3 is 5.97 Å². The molecule has 0 bridgehead atoms. The van der Waals surface area contributed by atoms with Gasteiger partial charge in [-0.3, -0.25) is 0 Å². The highest BCUT2D eigenvalue weighted by atomic mass is 79.9.